The number of amides is 2. The summed E-state index contributed by atoms with van der Waals surface area (Å²) >= 11 is 0. The highest BCUT2D eigenvalue weighted by Gasteiger charge is 2.11. The Morgan fingerprint density at radius 3 is 2.54 bits per heavy atom. The van der Waals surface area contributed by atoms with Crippen LogP contribution in [0.4, 0.5) is 10.5 Å². The number of hydrogen-bond acceptors (Lipinski definition) is 3. The number of nitrogens with one attached hydrogen (secondary N) is 2. The maximum atomic E-state index is 12.0. The number of benzene rings is 2. The Morgan fingerprint density at radius 1 is 1.00 bits per heavy atom. The van der Waals surface area contributed by atoms with Crippen LogP contribution in [0.2, 0.25) is 0 Å². The Morgan fingerprint density at radius 2 is 1.77 bits per heavy atom. The molecule has 0 aliphatic rings. The summed E-state index contributed by atoms with van der Waals surface area (Å²) < 4.78 is 5.09. The van der Waals surface area contributed by atoms with E-state index in [-0.39, 0.29) is 6.54 Å². The SMILES string of the molecule is O=C(NCC(O)c1ccco1)Nc1cccc(C#Cc2ccccc2)c1. The lowest BCUT2D eigenvalue weighted by atomic mass is 10.1. The summed E-state index contributed by atoms with van der Waals surface area (Å²) in [6.07, 6.45) is 0.583. The first-order chi connectivity index (χ1) is 12.7. The molecule has 3 N–H and O–H groups in total. The van der Waals surface area contributed by atoms with Gasteiger partial charge in [-0.1, -0.05) is 36.1 Å². The van der Waals surface area contributed by atoms with Crippen LogP contribution in [0.25, 0.3) is 0 Å². The molecule has 0 bridgehead atoms. The molecule has 3 aromatic rings. The van der Waals surface area contributed by atoms with Crippen LogP contribution in [0.3, 0.4) is 0 Å². The van der Waals surface area contributed by atoms with Crippen molar-refractivity contribution >= 4 is 11.7 Å². The van der Waals surface area contributed by atoms with Crippen LogP contribution in [0, 0.1) is 11.8 Å². The van der Waals surface area contributed by atoms with E-state index in [1.54, 1.807) is 24.3 Å². The van der Waals surface area contributed by atoms with E-state index in [1.807, 2.05) is 42.5 Å². The summed E-state index contributed by atoms with van der Waals surface area (Å²) in [6, 6.07) is 19.9. The van der Waals surface area contributed by atoms with Gasteiger partial charge in [-0.25, -0.2) is 4.79 Å². The molecule has 0 fully saturated rings. The molecule has 3 rings (SSSR count). The molecule has 5 heteroatoms. The van der Waals surface area contributed by atoms with Crippen molar-refractivity contribution in [2.45, 2.75) is 6.10 Å². The van der Waals surface area contributed by atoms with Crippen molar-refractivity contribution in [1.82, 2.24) is 5.32 Å². The second-order valence-electron chi connectivity index (χ2n) is 5.56. The highest BCUT2D eigenvalue weighted by molar-refractivity contribution is 5.89. The van der Waals surface area contributed by atoms with Gasteiger partial charge in [-0.2, -0.15) is 0 Å². The molecule has 0 aliphatic carbocycles. The van der Waals surface area contributed by atoms with E-state index in [0.717, 1.165) is 11.1 Å². The number of carbonyl (C=O) groups is 1. The molecule has 1 atom stereocenters. The fourth-order valence-electron chi connectivity index (χ4n) is 2.29. The van der Waals surface area contributed by atoms with Gasteiger partial charge in [0.2, 0.25) is 0 Å². The molecule has 2 aromatic carbocycles. The topological polar surface area (TPSA) is 74.5 Å². The van der Waals surface area contributed by atoms with E-state index in [9.17, 15) is 9.90 Å². The Bertz CT molecular complexity index is 909. The van der Waals surface area contributed by atoms with Gasteiger partial charge in [-0.15, -0.1) is 0 Å². The molecule has 1 aromatic heterocycles. The van der Waals surface area contributed by atoms with Gasteiger partial charge >= 0.3 is 6.03 Å². The zero-order valence-electron chi connectivity index (χ0n) is 14.0. The number of anilines is 1. The standard InChI is InChI=1S/C21H18N2O3/c24-19(20-10-5-13-26-20)15-22-21(25)23-18-9-4-8-17(14-18)12-11-16-6-2-1-3-7-16/h1-10,13-14,19,24H,15H2,(H2,22,23,25). The summed E-state index contributed by atoms with van der Waals surface area (Å²) in [6.45, 7) is 0.0485. The Kier molecular flexibility index (Phi) is 5.71. The molecule has 1 heterocycles. The van der Waals surface area contributed by atoms with Crippen LogP contribution in [-0.4, -0.2) is 17.7 Å². The third kappa shape index (κ3) is 5.00. The minimum absolute atomic E-state index is 0.0485. The zero-order chi connectivity index (χ0) is 18.2. The normalized spacial score (nSPS) is 11.1. The highest BCUT2D eigenvalue weighted by atomic mass is 16.4. The van der Waals surface area contributed by atoms with Gasteiger partial charge < -0.3 is 20.2 Å². The number of aliphatic hydroxyl groups excluding tert-OH is 1. The van der Waals surface area contributed by atoms with Gasteiger partial charge in [0.25, 0.3) is 0 Å². The molecule has 1 unspecified atom stereocenters. The fraction of sp³-hybridized carbons (Fsp3) is 0.0952. The van der Waals surface area contributed by atoms with Crippen molar-refractivity contribution in [3.63, 3.8) is 0 Å². The Balaban J connectivity index is 1.56. The smallest absolute Gasteiger partial charge is 0.319 e. The van der Waals surface area contributed by atoms with Gasteiger partial charge in [0.1, 0.15) is 11.9 Å². The van der Waals surface area contributed by atoms with Gasteiger partial charge in [0, 0.05) is 16.8 Å². The summed E-state index contributed by atoms with van der Waals surface area (Å²) in [5.41, 5.74) is 2.34. The van der Waals surface area contributed by atoms with Crippen molar-refractivity contribution in [2.75, 3.05) is 11.9 Å². The Hall–Kier alpha value is -3.49. The van der Waals surface area contributed by atoms with E-state index in [1.165, 1.54) is 6.26 Å². The van der Waals surface area contributed by atoms with Crippen LogP contribution >= 0.6 is 0 Å². The molecule has 0 aliphatic heterocycles. The Labute approximate surface area is 151 Å². The van der Waals surface area contributed by atoms with Crippen LogP contribution in [0.5, 0.6) is 0 Å². The summed E-state index contributed by atoms with van der Waals surface area (Å²) in [5.74, 6) is 6.55. The molecule has 130 valence electrons. The summed E-state index contributed by atoms with van der Waals surface area (Å²) in [5, 5.41) is 15.2. The zero-order valence-corrected chi connectivity index (χ0v) is 14.0. The number of aliphatic hydroxyl groups is 1. The van der Waals surface area contributed by atoms with E-state index in [4.69, 9.17) is 4.42 Å². The lowest BCUT2D eigenvalue weighted by Gasteiger charge is -2.11. The number of hydrogen-bond donors (Lipinski definition) is 3. The average molecular weight is 346 g/mol. The number of rotatable bonds is 4. The van der Waals surface area contributed by atoms with E-state index < -0.39 is 12.1 Å². The maximum absolute atomic E-state index is 12.0. The van der Waals surface area contributed by atoms with Gasteiger partial charge in [0.15, 0.2) is 0 Å². The third-order valence-corrected chi connectivity index (χ3v) is 3.57. The van der Waals surface area contributed by atoms with E-state index >= 15 is 0 Å². The number of urea groups is 1. The van der Waals surface area contributed by atoms with Crippen LogP contribution in [0.15, 0.2) is 77.4 Å². The predicted molar refractivity (Wildman–Crippen MR) is 99.6 cm³/mol. The first-order valence-corrected chi connectivity index (χ1v) is 8.14. The van der Waals surface area contributed by atoms with Gasteiger partial charge in [-0.05, 0) is 42.5 Å². The van der Waals surface area contributed by atoms with Crippen molar-refractivity contribution < 1.29 is 14.3 Å². The average Bonchev–Trinajstić information content (AvgIpc) is 3.20. The summed E-state index contributed by atoms with van der Waals surface area (Å²) in [4.78, 5) is 12.0. The lowest BCUT2D eigenvalue weighted by molar-refractivity contribution is 0.149. The quantitative estimate of drug-likeness (QED) is 0.633. The van der Waals surface area contributed by atoms with E-state index in [2.05, 4.69) is 22.5 Å². The molecule has 26 heavy (non-hydrogen) atoms. The van der Waals surface area contributed by atoms with Crippen molar-refractivity contribution in [3.05, 3.63) is 89.9 Å². The molecule has 2 amide bonds. The van der Waals surface area contributed by atoms with Crippen LogP contribution in [0.1, 0.15) is 23.0 Å². The third-order valence-electron chi connectivity index (χ3n) is 3.57. The molecule has 0 saturated carbocycles. The monoisotopic (exact) mass is 346 g/mol. The highest BCUT2D eigenvalue weighted by Crippen LogP contribution is 2.12. The molecule has 5 nitrogen and oxygen atoms in total. The van der Waals surface area contributed by atoms with Crippen LogP contribution < -0.4 is 10.6 Å². The van der Waals surface area contributed by atoms with Crippen LogP contribution in [-0.2, 0) is 0 Å². The molecule has 0 radical (unpaired) electrons. The fourth-order valence-corrected chi connectivity index (χ4v) is 2.29. The maximum Gasteiger partial charge on any atom is 0.319 e. The van der Waals surface area contributed by atoms with Crippen molar-refractivity contribution in [1.29, 1.82) is 0 Å². The summed E-state index contributed by atoms with van der Waals surface area (Å²) in [7, 11) is 0. The minimum atomic E-state index is -0.890. The molecule has 0 saturated heterocycles. The number of furan rings is 1. The first-order valence-electron chi connectivity index (χ1n) is 8.14. The minimum Gasteiger partial charge on any atom is -0.467 e. The predicted octanol–water partition coefficient (Wildman–Crippen LogP) is 3.53. The van der Waals surface area contributed by atoms with Crippen molar-refractivity contribution in [2.24, 2.45) is 0 Å². The second kappa shape index (κ2) is 8.56. The first kappa shape index (κ1) is 17.3. The lowest BCUT2D eigenvalue weighted by Crippen LogP contribution is -2.32. The second-order valence-corrected chi connectivity index (χ2v) is 5.56. The molecular weight excluding hydrogens is 328 g/mol. The van der Waals surface area contributed by atoms with E-state index in [0.29, 0.717) is 11.4 Å². The van der Waals surface area contributed by atoms with Gasteiger partial charge in [-0.3, -0.25) is 0 Å². The largest absolute Gasteiger partial charge is 0.467 e. The van der Waals surface area contributed by atoms with Gasteiger partial charge in [0.05, 0.1) is 12.8 Å². The van der Waals surface area contributed by atoms with Crippen molar-refractivity contribution in [3.8, 4) is 11.8 Å². The molecule has 0 spiro atoms. The number of carbonyl (C=O) groups excluding carboxylic acids is 1. The molecular formula is C21H18N2O3.